The van der Waals surface area contributed by atoms with Crippen molar-refractivity contribution >= 4 is 17.7 Å². The van der Waals surface area contributed by atoms with Gasteiger partial charge in [-0.15, -0.1) is 0 Å². The molecule has 46 heavy (non-hydrogen) atoms. The molecule has 0 aromatic heterocycles. The molecule has 3 heterocycles. The average Bonchev–Trinajstić information content (AvgIpc) is 3.83. The maximum atomic E-state index is 12.7. The number of carbonyl (C=O) groups excluding carboxylic acids is 2. The van der Waals surface area contributed by atoms with Gasteiger partial charge in [0.25, 0.3) is 0 Å². The number of likely N-dealkylation sites (N-methyl/N-ethyl adjacent to an activating group) is 1. The molecule has 2 bridgehead atoms. The van der Waals surface area contributed by atoms with Gasteiger partial charge in [0.15, 0.2) is 5.78 Å². The first kappa shape index (κ1) is 35.5. The predicted octanol–water partition coefficient (Wildman–Crippen LogP) is 2.34. The number of hydrogen-bond donors (Lipinski definition) is 2. The number of carboxylic acid groups (broad SMARTS) is 1. The van der Waals surface area contributed by atoms with Crippen molar-refractivity contribution in [2.45, 2.75) is 81.8 Å². The van der Waals surface area contributed by atoms with E-state index in [-0.39, 0.29) is 41.4 Å². The van der Waals surface area contributed by atoms with Gasteiger partial charge >= 0.3 is 11.9 Å². The van der Waals surface area contributed by atoms with Gasteiger partial charge in [-0.3, -0.25) is 14.4 Å². The highest BCUT2D eigenvalue weighted by molar-refractivity contribution is 6.09. The number of ether oxygens (including phenoxy) is 2. The molecule has 3 saturated heterocycles. The fraction of sp³-hybridized carbons (Fsp3) is 0.432. The van der Waals surface area contributed by atoms with Gasteiger partial charge in [-0.25, -0.2) is 0 Å². The van der Waals surface area contributed by atoms with E-state index < -0.39 is 17.8 Å². The molecular weight excluding hydrogens is 650 g/mol. The molecule has 0 spiro atoms. The third-order valence-electron chi connectivity index (χ3n) is 9.84. The van der Waals surface area contributed by atoms with Crippen molar-refractivity contribution in [3.63, 3.8) is 0 Å². The Morgan fingerprint density at radius 1 is 0.891 bits per heavy atom. The lowest BCUT2D eigenvalue weighted by Gasteiger charge is -2.48. The highest BCUT2D eigenvalue weighted by Crippen LogP contribution is 2.53. The number of piperidine rings is 1. The molecule has 3 aromatic carbocycles. The molecule has 2 N–H and O–H groups in total. The van der Waals surface area contributed by atoms with Crippen LogP contribution in [0.25, 0.3) is 0 Å². The summed E-state index contributed by atoms with van der Waals surface area (Å²) in [7, 11) is 2.36. The smallest absolute Gasteiger partial charge is 0.316 e. The Bertz CT molecular complexity index is 1470. The number of nitrogens with zero attached hydrogens (tertiary/aromatic N) is 1. The van der Waals surface area contributed by atoms with Crippen LogP contribution < -0.4 is 17.0 Å². The number of carbonyl (C=O) groups is 3. The van der Waals surface area contributed by atoms with Gasteiger partial charge in [-0.1, -0.05) is 92.2 Å². The first-order chi connectivity index (χ1) is 21.7. The molecule has 8 atom stereocenters. The molecule has 0 amide bonds. The van der Waals surface area contributed by atoms with Crippen molar-refractivity contribution in [3.05, 3.63) is 107 Å². The Morgan fingerprint density at radius 3 is 2.02 bits per heavy atom. The zero-order chi connectivity index (χ0) is 32.1. The number of benzene rings is 3. The second kappa shape index (κ2) is 15.5. The molecule has 3 aliphatic rings. The van der Waals surface area contributed by atoms with Gasteiger partial charge in [0.1, 0.15) is 36.3 Å². The van der Waals surface area contributed by atoms with Crippen LogP contribution >= 0.6 is 0 Å². The fourth-order valence-electron chi connectivity index (χ4n) is 7.08. The summed E-state index contributed by atoms with van der Waals surface area (Å²) in [5.41, 5.74) is 2.56. The highest BCUT2D eigenvalue weighted by Gasteiger charge is 2.71. The summed E-state index contributed by atoms with van der Waals surface area (Å²) in [6.07, 6.45) is 4.83. The Kier molecular flexibility index (Phi) is 11.9. The van der Waals surface area contributed by atoms with Crippen molar-refractivity contribution in [1.29, 1.82) is 0 Å². The molecule has 3 unspecified atom stereocenters. The summed E-state index contributed by atoms with van der Waals surface area (Å²) in [4.78, 5) is 35.9. The summed E-state index contributed by atoms with van der Waals surface area (Å²) in [5, 5.41) is 18.7. The number of aliphatic carboxylic acids is 1. The predicted molar refractivity (Wildman–Crippen MR) is 170 cm³/mol. The number of rotatable bonds is 11. The lowest BCUT2D eigenvalue weighted by molar-refractivity contribution is -0.956. The van der Waals surface area contributed by atoms with Gasteiger partial charge in [-0.05, 0) is 30.5 Å². The zero-order valence-electron chi connectivity index (χ0n) is 26.6. The van der Waals surface area contributed by atoms with Crippen LogP contribution in [0.2, 0.25) is 0 Å². The number of epoxide rings is 1. The molecule has 9 heteroatoms. The minimum Gasteiger partial charge on any atom is -1.00 e. The van der Waals surface area contributed by atoms with E-state index in [1.165, 1.54) is 19.4 Å². The third kappa shape index (κ3) is 7.60. The Balaban J connectivity index is 0.000000215. The molecule has 0 saturated carbocycles. The standard InChI is InChI=1S/C21H30NO4.C16H14O3.BrH/c1-3-4-10-22(2)17-11-15(12-18(22)20-19(17)26-20)25-21(24)16(13-23)14-8-6-5-7-9-14;1-11(16(18)19)13-8-5-9-14(10-13)15(17)12-6-3-2-4-7-12;/h5-9,15-20,23H,3-4,10-13H2,1-2H3;2-11H,1H3,(H,18,19);1H/q+1;;/p-1/t15?,16-,17-,18+,19-,20+,22?;;/m1../s1. The zero-order valence-corrected chi connectivity index (χ0v) is 28.2. The van der Waals surface area contributed by atoms with Gasteiger partial charge in [0, 0.05) is 24.0 Å². The molecule has 3 fully saturated rings. The van der Waals surface area contributed by atoms with Gasteiger partial charge in [0.2, 0.25) is 0 Å². The molecule has 8 nitrogen and oxygen atoms in total. The summed E-state index contributed by atoms with van der Waals surface area (Å²) in [5.74, 6) is -2.52. The number of aliphatic hydroxyl groups is 1. The minimum absolute atomic E-state index is 0. The quantitative estimate of drug-likeness (QED) is 0.137. The van der Waals surface area contributed by atoms with Crippen LogP contribution in [0.3, 0.4) is 0 Å². The number of quaternary nitrogens is 1. The number of unbranched alkanes of at least 4 members (excludes halogenated alkanes) is 1. The van der Waals surface area contributed by atoms with Crippen LogP contribution in [0.4, 0.5) is 0 Å². The van der Waals surface area contributed by atoms with E-state index in [1.807, 2.05) is 36.4 Å². The van der Waals surface area contributed by atoms with Crippen LogP contribution in [0.1, 0.15) is 78.4 Å². The Labute approximate surface area is 281 Å². The molecule has 0 radical (unpaired) electrons. The van der Waals surface area contributed by atoms with Crippen molar-refractivity contribution in [1.82, 2.24) is 0 Å². The number of fused-ring (bicyclic) bond motifs is 5. The highest BCUT2D eigenvalue weighted by atomic mass is 79.9. The first-order valence-corrected chi connectivity index (χ1v) is 16.0. The first-order valence-electron chi connectivity index (χ1n) is 16.0. The van der Waals surface area contributed by atoms with Crippen LogP contribution in [-0.4, -0.2) is 83.0 Å². The number of aliphatic hydroxyl groups excluding tert-OH is 1. The maximum absolute atomic E-state index is 12.7. The van der Waals surface area contributed by atoms with E-state index in [9.17, 15) is 19.5 Å². The second-order valence-electron chi connectivity index (χ2n) is 12.7. The van der Waals surface area contributed by atoms with Crippen LogP contribution in [-0.2, 0) is 19.1 Å². The minimum atomic E-state index is -0.899. The topological polar surface area (TPSA) is 113 Å². The lowest BCUT2D eigenvalue weighted by Crippen LogP contribution is -3.00. The van der Waals surface area contributed by atoms with Crippen molar-refractivity contribution in [3.8, 4) is 0 Å². The third-order valence-corrected chi connectivity index (χ3v) is 9.84. The Hall–Kier alpha value is -3.37. The van der Waals surface area contributed by atoms with Crippen LogP contribution in [0, 0.1) is 0 Å². The van der Waals surface area contributed by atoms with E-state index in [4.69, 9.17) is 14.6 Å². The van der Waals surface area contributed by atoms with Crippen molar-refractivity contribution in [2.75, 3.05) is 20.2 Å². The van der Waals surface area contributed by atoms with E-state index in [0.29, 0.717) is 41.0 Å². The monoisotopic (exact) mass is 693 g/mol. The largest absolute Gasteiger partial charge is 1.00 e. The van der Waals surface area contributed by atoms with Gasteiger partial charge < -0.3 is 41.2 Å². The molecule has 6 rings (SSSR count). The Morgan fingerprint density at radius 2 is 1.46 bits per heavy atom. The van der Waals surface area contributed by atoms with Crippen molar-refractivity contribution < 1.29 is 55.5 Å². The lowest BCUT2D eigenvalue weighted by atomic mass is 9.94. The SMILES string of the molecule is CC(C(=O)O)c1cccc(C(=O)c2ccccc2)c1.CCCC[N+]1(C)[C@@H]2CC(OC(=O)[C@H](CO)c3ccccc3)C[C@H]1[C@@H]1O[C@@H]12.[Br-]. The maximum Gasteiger partial charge on any atom is 0.316 e. The molecule has 0 aliphatic carbocycles. The van der Waals surface area contributed by atoms with Crippen LogP contribution in [0.5, 0.6) is 0 Å². The number of hydrogen-bond acceptors (Lipinski definition) is 6. The number of ketones is 1. The molecule has 246 valence electrons. The molecule has 3 aromatic rings. The average molecular weight is 695 g/mol. The summed E-state index contributed by atoms with van der Waals surface area (Å²) in [6.45, 7) is 4.81. The van der Waals surface area contributed by atoms with E-state index in [1.54, 1.807) is 55.5 Å². The number of halogens is 1. The van der Waals surface area contributed by atoms with Crippen molar-refractivity contribution in [2.24, 2.45) is 0 Å². The van der Waals surface area contributed by atoms with E-state index in [2.05, 4.69) is 14.0 Å². The van der Waals surface area contributed by atoms with Crippen LogP contribution in [0.15, 0.2) is 84.9 Å². The summed E-state index contributed by atoms with van der Waals surface area (Å²) >= 11 is 0. The summed E-state index contributed by atoms with van der Waals surface area (Å²) in [6, 6.07) is 26.0. The van der Waals surface area contributed by atoms with Gasteiger partial charge in [-0.2, -0.15) is 0 Å². The number of esters is 1. The van der Waals surface area contributed by atoms with E-state index in [0.717, 1.165) is 22.9 Å². The number of carboxylic acids is 1. The number of morpholine rings is 1. The van der Waals surface area contributed by atoms with Gasteiger partial charge in [0.05, 0.1) is 26.1 Å². The fourth-order valence-corrected chi connectivity index (χ4v) is 7.08. The summed E-state index contributed by atoms with van der Waals surface area (Å²) < 4.78 is 12.9. The molecular formula is C37H44BrNO7. The normalized spacial score (nSPS) is 26.7. The second-order valence-corrected chi connectivity index (χ2v) is 12.7. The molecule has 3 aliphatic heterocycles. The van der Waals surface area contributed by atoms with E-state index >= 15 is 0 Å².